The summed E-state index contributed by atoms with van der Waals surface area (Å²) >= 11 is 0. The van der Waals surface area contributed by atoms with Crippen molar-refractivity contribution in [3.8, 4) is 0 Å². The van der Waals surface area contributed by atoms with Gasteiger partial charge < -0.3 is 0 Å². The second-order valence-electron chi connectivity index (χ2n) is 7.01. The number of aromatic nitrogens is 2. The van der Waals surface area contributed by atoms with Crippen molar-refractivity contribution in [2.75, 3.05) is 0 Å². The first-order valence-corrected chi connectivity index (χ1v) is 10.1. The van der Waals surface area contributed by atoms with Crippen molar-refractivity contribution in [2.24, 2.45) is 7.05 Å². The quantitative estimate of drug-likeness (QED) is 0.196. The molecule has 0 N–H and O–H groups in total. The summed E-state index contributed by atoms with van der Waals surface area (Å²) in [6, 6.07) is 0. The van der Waals surface area contributed by atoms with E-state index < -0.39 is 0 Å². The highest BCUT2D eigenvalue weighted by atomic mass is 15.1. The second kappa shape index (κ2) is 15.2. The molecule has 2 nitrogen and oxygen atoms in total. The monoisotopic (exact) mass is 331 g/mol. The van der Waals surface area contributed by atoms with Crippen LogP contribution in [0.2, 0.25) is 0 Å². The summed E-state index contributed by atoms with van der Waals surface area (Å²) in [6.07, 6.45) is 30.7. The van der Waals surface area contributed by atoms with E-state index in [4.69, 9.17) is 0 Å². The van der Waals surface area contributed by atoms with Gasteiger partial charge in [-0.2, -0.15) is 0 Å². The van der Waals surface area contributed by atoms with Gasteiger partial charge in [-0.3, -0.25) is 0 Å². The highest BCUT2D eigenvalue weighted by Gasteiger charge is 1.99. The van der Waals surface area contributed by atoms with Crippen molar-refractivity contribution in [3.05, 3.63) is 43.5 Å². The molecular formula is C22H39N2+. The molecule has 1 heterocycles. The van der Waals surface area contributed by atoms with Crippen LogP contribution in [0.3, 0.4) is 0 Å². The van der Waals surface area contributed by atoms with Gasteiger partial charge in [0.1, 0.15) is 12.4 Å². The molecule has 24 heavy (non-hydrogen) atoms. The van der Waals surface area contributed by atoms with Crippen LogP contribution in [0.15, 0.2) is 43.5 Å². The number of nitrogens with zero attached hydrogens (tertiary/aromatic N) is 2. The summed E-state index contributed by atoms with van der Waals surface area (Å²) in [7, 11) is 2.08. The Morgan fingerprint density at radius 2 is 1.38 bits per heavy atom. The summed E-state index contributed by atoms with van der Waals surface area (Å²) in [6.45, 7) is 4.86. The maximum atomic E-state index is 3.69. The first-order chi connectivity index (χ1) is 11.8. The highest BCUT2D eigenvalue weighted by Crippen LogP contribution is 2.12. The van der Waals surface area contributed by atoms with Crippen LogP contribution < -0.4 is 4.57 Å². The van der Waals surface area contributed by atoms with Gasteiger partial charge in [0.15, 0.2) is 0 Å². The zero-order valence-corrected chi connectivity index (χ0v) is 16.0. The Labute approximate surface area is 150 Å². The number of hydrogen-bond acceptors (Lipinski definition) is 0. The SMILES string of the molecule is C=CC=CCCCCCCCCCCCCCCn1cc[n+](C)c1. The zero-order valence-electron chi connectivity index (χ0n) is 16.0. The third kappa shape index (κ3) is 12.2. The molecule has 0 saturated heterocycles. The topological polar surface area (TPSA) is 8.81 Å². The van der Waals surface area contributed by atoms with Crippen LogP contribution in [-0.4, -0.2) is 4.57 Å². The standard InChI is InChI=1S/C22H39N2/c1-3-4-5-6-7-8-9-10-11-12-13-14-15-16-17-18-19-24-21-20-23(2)22-24/h3-5,20-22H,1,6-19H2,2H3/q+1. The van der Waals surface area contributed by atoms with Crippen LogP contribution in [0.5, 0.6) is 0 Å². The van der Waals surface area contributed by atoms with Crippen LogP contribution in [0, 0.1) is 0 Å². The molecule has 0 aliphatic rings. The Balaban J connectivity index is 1.73. The fourth-order valence-electron chi connectivity index (χ4n) is 3.15. The van der Waals surface area contributed by atoms with Gasteiger partial charge >= 0.3 is 0 Å². The Morgan fingerprint density at radius 1 is 0.833 bits per heavy atom. The normalized spacial score (nSPS) is 11.4. The molecule has 0 unspecified atom stereocenters. The van der Waals surface area contributed by atoms with Crippen molar-refractivity contribution >= 4 is 0 Å². The lowest BCUT2D eigenvalue weighted by atomic mass is 10.0. The van der Waals surface area contributed by atoms with Crippen LogP contribution in [-0.2, 0) is 13.6 Å². The number of rotatable bonds is 16. The first-order valence-electron chi connectivity index (χ1n) is 10.1. The molecule has 0 bridgehead atoms. The highest BCUT2D eigenvalue weighted by molar-refractivity contribution is 4.96. The van der Waals surface area contributed by atoms with Crippen molar-refractivity contribution in [2.45, 2.75) is 90.0 Å². The van der Waals surface area contributed by atoms with E-state index in [1.54, 1.807) is 0 Å². The Bertz CT molecular complexity index is 431. The number of unbranched alkanes of at least 4 members (excludes halogenated alkanes) is 12. The van der Waals surface area contributed by atoms with Crippen LogP contribution in [0.25, 0.3) is 0 Å². The molecule has 136 valence electrons. The predicted octanol–water partition coefficient (Wildman–Crippen LogP) is 6.13. The van der Waals surface area contributed by atoms with Gasteiger partial charge in [-0.25, -0.2) is 9.13 Å². The zero-order chi connectivity index (χ0) is 17.3. The number of aryl methyl sites for hydroxylation is 2. The van der Waals surface area contributed by atoms with Crippen molar-refractivity contribution in [3.63, 3.8) is 0 Å². The van der Waals surface area contributed by atoms with Gasteiger partial charge in [-0.1, -0.05) is 82.6 Å². The predicted molar refractivity (Wildman–Crippen MR) is 105 cm³/mol. The average Bonchev–Trinajstić information content (AvgIpc) is 3.00. The fourth-order valence-corrected chi connectivity index (χ4v) is 3.15. The number of imidazole rings is 1. The Hall–Kier alpha value is -1.31. The van der Waals surface area contributed by atoms with E-state index in [9.17, 15) is 0 Å². The molecule has 0 radical (unpaired) electrons. The molecule has 0 aliphatic carbocycles. The van der Waals surface area contributed by atoms with Crippen LogP contribution in [0.4, 0.5) is 0 Å². The van der Waals surface area contributed by atoms with Crippen LogP contribution >= 0.6 is 0 Å². The van der Waals surface area contributed by atoms with E-state index in [-0.39, 0.29) is 0 Å². The molecule has 0 spiro atoms. The summed E-state index contributed by atoms with van der Waals surface area (Å²) in [5.74, 6) is 0. The lowest BCUT2D eigenvalue weighted by Gasteiger charge is -2.02. The molecule has 2 heteroatoms. The third-order valence-electron chi connectivity index (χ3n) is 4.63. The van der Waals surface area contributed by atoms with E-state index in [2.05, 4.69) is 53.6 Å². The summed E-state index contributed by atoms with van der Waals surface area (Å²) < 4.78 is 4.40. The van der Waals surface area contributed by atoms with Crippen LogP contribution in [0.1, 0.15) is 83.5 Å². The maximum Gasteiger partial charge on any atom is 0.243 e. The Kier molecular flexibility index (Phi) is 13.2. The molecule has 0 amide bonds. The molecule has 1 aromatic heterocycles. The lowest BCUT2D eigenvalue weighted by molar-refractivity contribution is -0.671. The van der Waals surface area contributed by atoms with Gasteiger partial charge in [0.2, 0.25) is 6.33 Å². The fraction of sp³-hybridized carbons (Fsp3) is 0.682. The molecule has 0 fully saturated rings. The molecule has 0 aromatic carbocycles. The van der Waals surface area contributed by atoms with Gasteiger partial charge in [-0.15, -0.1) is 0 Å². The van der Waals surface area contributed by atoms with E-state index in [0.717, 1.165) is 0 Å². The lowest BCUT2D eigenvalue weighted by Crippen LogP contribution is -2.23. The van der Waals surface area contributed by atoms with E-state index >= 15 is 0 Å². The third-order valence-corrected chi connectivity index (χ3v) is 4.63. The molecule has 0 saturated carbocycles. The minimum atomic E-state index is 1.17. The molecule has 1 rings (SSSR count). The summed E-state index contributed by atoms with van der Waals surface area (Å²) in [5, 5.41) is 0. The van der Waals surface area contributed by atoms with Gasteiger partial charge in [0, 0.05) is 0 Å². The van der Waals surface area contributed by atoms with E-state index in [1.165, 1.54) is 90.0 Å². The van der Waals surface area contributed by atoms with Crippen molar-refractivity contribution in [1.82, 2.24) is 4.57 Å². The largest absolute Gasteiger partial charge is 0.243 e. The van der Waals surface area contributed by atoms with Gasteiger partial charge in [0.05, 0.1) is 13.6 Å². The Morgan fingerprint density at radius 3 is 1.88 bits per heavy atom. The van der Waals surface area contributed by atoms with Crippen molar-refractivity contribution < 1.29 is 4.57 Å². The minimum Gasteiger partial charge on any atom is -0.240 e. The minimum absolute atomic E-state index is 1.17. The number of hydrogen-bond donors (Lipinski definition) is 0. The van der Waals surface area contributed by atoms with E-state index in [1.807, 2.05) is 6.08 Å². The summed E-state index contributed by atoms with van der Waals surface area (Å²) in [4.78, 5) is 0. The number of allylic oxidation sites excluding steroid dienone is 3. The average molecular weight is 332 g/mol. The van der Waals surface area contributed by atoms with E-state index in [0.29, 0.717) is 0 Å². The molecular weight excluding hydrogens is 292 g/mol. The van der Waals surface area contributed by atoms with Crippen molar-refractivity contribution in [1.29, 1.82) is 0 Å². The smallest absolute Gasteiger partial charge is 0.240 e. The summed E-state index contributed by atoms with van der Waals surface area (Å²) in [5.41, 5.74) is 0. The first kappa shape index (κ1) is 20.7. The molecule has 0 atom stereocenters. The molecule has 1 aromatic rings. The molecule has 0 aliphatic heterocycles. The van der Waals surface area contributed by atoms with Gasteiger partial charge in [0.25, 0.3) is 0 Å². The van der Waals surface area contributed by atoms with Gasteiger partial charge in [-0.05, 0) is 25.7 Å². The maximum absolute atomic E-state index is 3.69. The second-order valence-corrected chi connectivity index (χ2v) is 7.01.